The average Bonchev–Trinajstić information content (AvgIpc) is 2.95. The number of carbonyl (C=O) groups excluding carboxylic acids is 2. The number of thiazole rings is 1. The fraction of sp³-hybridized carbons (Fsp3) is 0.308. The van der Waals surface area contributed by atoms with Crippen molar-refractivity contribution in [1.82, 2.24) is 10.3 Å². The van der Waals surface area contributed by atoms with Gasteiger partial charge in [0.1, 0.15) is 6.54 Å². The highest BCUT2D eigenvalue weighted by Crippen LogP contribution is 2.26. The van der Waals surface area contributed by atoms with Crippen LogP contribution in [0.4, 0.5) is 9.93 Å². The first kappa shape index (κ1) is 13.5. The first-order valence-corrected chi connectivity index (χ1v) is 6.93. The predicted molar refractivity (Wildman–Crippen MR) is 76.1 cm³/mol. The minimum Gasteiger partial charge on any atom is -0.276 e. The summed E-state index contributed by atoms with van der Waals surface area (Å²) in [4.78, 5) is 28.5. The maximum atomic E-state index is 11.5. The van der Waals surface area contributed by atoms with E-state index in [9.17, 15) is 9.59 Å². The zero-order valence-corrected chi connectivity index (χ0v) is 11.7. The molecule has 0 spiro atoms. The molecule has 3 amide bonds. The van der Waals surface area contributed by atoms with Crippen LogP contribution in [0.5, 0.6) is 0 Å². The van der Waals surface area contributed by atoms with E-state index in [0.29, 0.717) is 5.13 Å². The monoisotopic (exact) mass is 277 g/mol. The van der Waals surface area contributed by atoms with Gasteiger partial charge in [-0.25, -0.2) is 9.78 Å². The smallest absolute Gasteiger partial charge is 0.276 e. The summed E-state index contributed by atoms with van der Waals surface area (Å²) in [6.07, 6.45) is 6.92. The fourth-order valence-electron chi connectivity index (χ4n) is 1.77. The Hall–Kier alpha value is -1.95. The van der Waals surface area contributed by atoms with Crippen LogP contribution >= 0.6 is 11.3 Å². The number of urea groups is 1. The van der Waals surface area contributed by atoms with Crippen molar-refractivity contribution in [3.05, 3.63) is 29.3 Å². The Balaban J connectivity index is 2.26. The Morgan fingerprint density at radius 2 is 2.37 bits per heavy atom. The molecule has 100 valence electrons. The van der Waals surface area contributed by atoms with Crippen LogP contribution in [0, 0.1) is 0 Å². The highest BCUT2D eigenvalue weighted by molar-refractivity contribution is 7.14. The van der Waals surface area contributed by atoms with Crippen molar-refractivity contribution in [3.63, 3.8) is 0 Å². The number of carbonyl (C=O) groups is 2. The molecule has 1 aliphatic rings. The fourth-order valence-corrected chi connectivity index (χ4v) is 2.61. The van der Waals surface area contributed by atoms with Gasteiger partial charge < -0.3 is 0 Å². The van der Waals surface area contributed by atoms with E-state index in [-0.39, 0.29) is 12.5 Å². The lowest BCUT2D eigenvalue weighted by molar-refractivity contribution is -0.117. The van der Waals surface area contributed by atoms with Crippen LogP contribution in [0.15, 0.2) is 23.6 Å². The van der Waals surface area contributed by atoms with Crippen LogP contribution in [-0.4, -0.2) is 23.5 Å². The summed E-state index contributed by atoms with van der Waals surface area (Å²) in [6.45, 7) is 4.05. The molecule has 2 heterocycles. The van der Waals surface area contributed by atoms with Gasteiger partial charge in [0.05, 0.1) is 5.69 Å². The normalized spacial score (nSPS) is 16.5. The van der Waals surface area contributed by atoms with Crippen molar-refractivity contribution in [2.75, 3.05) is 11.4 Å². The third-order valence-corrected chi connectivity index (χ3v) is 3.45. The van der Waals surface area contributed by atoms with E-state index in [4.69, 9.17) is 0 Å². The maximum Gasteiger partial charge on any atom is 0.330 e. The van der Waals surface area contributed by atoms with Gasteiger partial charge in [-0.15, -0.1) is 11.3 Å². The second-order valence-electron chi connectivity index (χ2n) is 4.02. The largest absolute Gasteiger partial charge is 0.330 e. The third-order valence-electron chi connectivity index (χ3n) is 2.58. The Kier molecular flexibility index (Phi) is 4.11. The first-order chi connectivity index (χ1) is 9.15. The van der Waals surface area contributed by atoms with Gasteiger partial charge in [-0.05, 0) is 18.9 Å². The lowest BCUT2D eigenvalue weighted by Crippen LogP contribution is -2.27. The molecule has 0 aromatic carbocycles. The molecular formula is C13H15N3O2S. The van der Waals surface area contributed by atoms with Gasteiger partial charge >= 0.3 is 6.03 Å². The topological polar surface area (TPSA) is 62.3 Å². The summed E-state index contributed by atoms with van der Waals surface area (Å²) in [7, 11) is 0. The molecule has 19 heavy (non-hydrogen) atoms. The van der Waals surface area contributed by atoms with Crippen molar-refractivity contribution in [1.29, 1.82) is 0 Å². The number of nitrogens with zero attached hydrogens (tertiary/aromatic N) is 2. The zero-order valence-electron chi connectivity index (χ0n) is 10.8. The van der Waals surface area contributed by atoms with Crippen LogP contribution in [0.25, 0.3) is 5.57 Å². The van der Waals surface area contributed by atoms with Crippen molar-refractivity contribution in [3.8, 4) is 0 Å². The predicted octanol–water partition coefficient (Wildman–Crippen LogP) is 2.57. The molecule has 6 heteroatoms. The molecule has 1 fully saturated rings. The zero-order chi connectivity index (χ0) is 13.8. The number of nitrogens with one attached hydrogen (secondary N) is 1. The second-order valence-corrected chi connectivity index (χ2v) is 4.86. The lowest BCUT2D eigenvalue weighted by atomic mass is 10.1. The number of imide groups is 1. The van der Waals surface area contributed by atoms with E-state index in [2.05, 4.69) is 23.3 Å². The number of anilines is 1. The summed E-state index contributed by atoms with van der Waals surface area (Å²) in [5.41, 5.74) is 1.85. The molecule has 0 aliphatic carbocycles. The van der Waals surface area contributed by atoms with Gasteiger partial charge in [0.25, 0.3) is 0 Å². The Labute approximate surface area is 115 Å². The number of rotatable bonds is 4. The van der Waals surface area contributed by atoms with E-state index in [1.807, 2.05) is 24.5 Å². The highest BCUT2D eigenvalue weighted by Gasteiger charge is 2.30. The molecule has 0 bridgehead atoms. The Morgan fingerprint density at radius 3 is 2.95 bits per heavy atom. The molecule has 1 saturated heterocycles. The van der Waals surface area contributed by atoms with E-state index in [1.54, 1.807) is 0 Å². The van der Waals surface area contributed by atoms with Gasteiger partial charge in [-0.1, -0.05) is 25.2 Å². The molecule has 1 aromatic heterocycles. The summed E-state index contributed by atoms with van der Waals surface area (Å²) < 4.78 is 0. The molecule has 0 atom stereocenters. The summed E-state index contributed by atoms with van der Waals surface area (Å²) in [5, 5.41) is 4.68. The maximum absolute atomic E-state index is 11.5. The van der Waals surface area contributed by atoms with Crippen molar-refractivity contribution >= 4 is 34.0 Å². The molecule has 5 nitrogen and oxygen atoms in total. The summed E-state index contributed by atoms with van der Waals surface area (Å²) in [6, 6.07) is -0.405. The Bertz CT molecular complexity index is 560. The van der Waals surface area contributed by atoms with Crippen LogP contribution in [0.3, 0.4) is 0 Å². The van der Waals surface area contributed by atoms with Crippen molar-refractivity contribution in [2.24, 2.45) is 0 Å². The van der Waals surface area contributed by atoms with Gasteiger partial charge in [-0.2, -0.15) is 0 Å². The van der Waals surface area contributed by atoms with Crippen molar-refractivity contribution < 1.29 is 9.59 Å². The molecule has 2 rings (SSSR count). The molecule has 1 aliphatic heterocycles. The molecule has 1 aromatic rings. The lowest BCUT2D eigenvalue weighted by Gasteiger charge is -2.07. The molecule has 0 saturated carbocycles. The summed E-state index contributed by atoms with van der Waals surface area (Å²) >= 11 is 1.36. The van der Waals surface area contributed by atoms with E-state index < -0.39 is 6.03 Å². The number of aromatic nitrogens is 1. The minimum absolute atomic E-state index is 0.0439. The highest BCUT2D eigenvalue weighted by atomic mass is 32.1. The van der Waals surface area contributed by atoms with E-state index >= 15 is 0 Å². The molecular weight excluding hydrogens is 262 g/mol. The molecule has 0 unspecified atom stereocenters. The minimum atomic E-state index is -0.405. The van der Waals surface area contributed by atoms with Crippen LogP contribution in [-0.2, 0) is 4.79 Å². The summed E-state index contributed by atoms with van der Waals surface area (Å²) in [5.74, 6) is -0.292. The van der Waals surface area contributed by atoms with Crippen LogP contribution in [0.1, 0.15) is 26.0 Å². The van der Waals surface area contributed by atoms with Crippen LogP contribution < -0.4 is 10.2 Å². The molecule has 0 radical (unpaired) electrons. The quantitative estimate of drug-likeness (QED) is 0.679. The van der Waals surface area contributed by atoms with Crippen molar-refractivity contribution in [2.45, 2.75) is 20.3 Å². The van der Waals surface area contributed by atoms with Crippen LogP contribution in [0.2, 0.25) is 0 Å². The Morgan fingerprint density at radius 1 is 1.58 bits per heavy atom. The number of hydrogen-bond acceptors (Lipinski definition) is 4. The number of hydrogen-bond donors (Lipinski definition) is 1. The van der Waals surface area contributed by atoms with E-state index in [0.717, 1.165) is 17.7 Å². The van der Waals surface area contributed by atoms with Gasteiger partial charge in [-0.3, -0.25) is 15.0 Å². The van der Waals surface area contributed by atoms with Gasteiger partial charge in [0, 0.05) is 5.38 Å². The van der Waals surface area contributed by atoms with Gasteiger partial charge in [0.15, 0.2) is 5.13 Å². The van der Waals surface area contributed by atoms with Gasteiger partial charge in [0.2, 0.25) is 5.91 Å². The first-order valence-electron chi connectivity index (χ1n) is 6.05. The molecule has 1 N–H and O–H groups in total. The third kappa shape index (κ3) is 2.90. The number of allylic oxidation sites excluding steroid dienone is 4. The SMILES string of the molecule is C/C=C\C(=C/CC)c1csc(N2CC(=O)NC2=O)n1. The second kappa shape index (κ2) is 5.79. The standard InChI is InChI=1S/C13H15N3O2S/c1-3-5-9(6-4-2)10-8-19-13(14-10)16-7-11(17)15-12(16)18/h3,5-6,8H,4,7H2,1-2H3,(H,15,17,18)/b5-3-,9-6+. The average molecular weight is 277 g/mol. The van der Waals surface area contributed by atoms with E-state index in [1.165, 1.54) is 16.2 Å². The number of amides is 3.